The summed E-state index contributed by atoms with van der Waals surface area (Å²) in [6.45, 7) is 35.7. The van der Waals surface area contributed by atoms with Gasteiger partial charge in [-0.3, -0.25) is 52.7 Å². The molecule has 11 amide bonds. The third kappa shape index (κ3) is 24.8. The zero-order valence-corrected chi connectivity index (χ0v) is 64.9. The summed E-state index contributed by atoms with van der Waals surface area (Å²) in [5.41, 5.74) is 0. The Hall–Kier alpha value is -6.25. The van der Waals surface area contributed by atoms with Gasteiger partial charge in [-0.15, -0.1) is 0 Å². The SMILES string of the molecule is C/C=C/C[C@@H](C)[C@@H](O)[C@H]1C(=O)N[C@@H](CC)C(=O)N(C)[C@H](C)C(=O)N(C)[C@@H]([C@@H](C)OCCCCN2CCN(CC3CC3)CC2)C(=O)N[C@@H](C(C)C)C(=O)N(C)[C@H](CC(C)C)C(=O)N[C@@H](C)C(=O)N[C@@H](C)C(=O)N(C)[C@@H](CC(C)C)C(=O)N(C)[C@H](CC(C)C)C(=O)N(C)[C@@H](C(C)C)C(=O)N1C. The molecule has 14 atom stereocenters. The molecule has 3 aliphatic rings. The number of aliphatic hydroxyl groups excluding tert-OH is 1. The van der Waals surface area contributed by atoms with E-state index in [0.29, 0.717) is 12.8 Å². The van der Waals surface area contributed by atoms with Gasteiger partial charge in [0.2, 0.25) is 65.0 Å². The summed E-state index contributed by atoms with van der Waals surface area (Å²) in [5.74, 6) is -9.12. The maximum atomic E-state index is 15.3. The highest BCUT2D eigenvalue weighted by Crippen LogP contribution is 2.30. The lowest BCUT2D eigenvalue weighted by atomic mass is 9.91. The lowest BCUT2D eigenvalue weighted by molar-refractivity contribution is -0.157. The van der Waals surface area contributed by atoms with Crippen molar-refractivity contribution in [3.05, 3.63) is 12.2 Å². The molecule has 0 bridgehead atoms. The number of likely N-dealkylation sites (N-methyl/N-ethyl adjacent to an activating group) is 7. The number of allylic oxidation sites excluding steroid dienone is 2. The van der Waals surface area contributed by atoms with Gasteiger partial charge >= 0.3 is 0 Å². The fourth-order valence-corrected chi connectivity index (χ4v) is 13.3. The van der Waals surface area contributed by atoms with Gasteiger partial charge in [0.25, 0.3) is 0 Å². The van der Waals surface area contributed by atoms with Crippen LogP contribution in [0, 0.1) is 41.4 Å². The maximum absolute atomic E-state index is 15.3. The first-order valence-corrected chi connectivity index (χ1v) is 36.6. The predicted molar refractivity (Wildman–Crippen MR) is 384 cm³/mol. The number of unbranched alkanes of at least 4 members (excludes halogenated alkanes) is 1. The number of amides is 11. The molecular formula is C73H131N13O13. The quantitative estimate of drug-likeness (QED) is 0.0761. The zero-order chi connectivity index (χ0) is 75.4. The molecule has 0 spiro atoms. The second-order valence-electron chi connectivity index (χ2n) is 30.6. The molecule has 0 aromatic rings. The smallest absolute Gasteiger partial charge is 0.246 e. The Morgan fingerprint density at radius 3 is 1.46 bits per heavy atom. The van der Waals surface area contributed by atoms with E-state index in [2.05, 4.69) is 31.1 Å². The molecule has 3 fully saturated rings. The van der Waals surface area contributed by atoms with Crippen LogP contribution in [-0.4, -0.2) is 288 Å². The van der Waals surface area contributed by atoms with E-state index in [-0.39, 0.29) is 50.0 Å². The molecule has 0 unspecified atom stereocenters. The number of aliphatic hydroxyl groups is 1. The minimum Gasteiger partial charge on any atom is -0.390 e. The van der Waals surface area contributed by atoms with Crippen molar-refractivity contribution in [3.63, 3.8) is 0 Å². The summed E-state index contributed by atoms with van der Waals surface area (Å²) in [7, 11) is 9.97. The zero-order valence-electron chi connectivity index (χ0n) is 64.9. The fraction of sp³-hybridized carbons (Fsp3) is 0.822. The Labute approximate surface area is 593 Å². The molecule has 26 nitrogen and oxygen atoms in total. The number of carbonyl (C=O) groups is 11. The van der Waals surface area contributed by atoms with Crippen LogP contribution in [0.5, 0.6) is 0 Å². The number of hydrogen-bond acceptors (Lipinski definition) is 15. The monoisotopic (exact) mass is 1400 g/mol. The Kier molecular flexibility index (Phi) is 35.5. The molecule has 0 aromatic carbocycles. The Morgan fingerprint density at radius 2 is 0.960 bits per heavy atom. The van der Waals surface area contributed by atoms with Crippen molar-refractivity contribution in [3.8, 4) is 0 Å². The van der Waals surface area contributed by atoms with Gasteiger partial charge in [-0.05, 0) is 140 Å². The van der Waals surface area contributed by atoms with Gasteiger partial charge in [-0.2, -0.15) is 0 Å². The number of nitrogens with one attached hydrogen (secondary N) is 4. The molecule has 3 rings (SSSR count). The second-order valence-corrected chi connectivity index (χ2v) is 30.6. The van der Waals surface area contributed by atoms with Gasteiger partial charge in [-0.25, -0.2) is 0 Å². The Balaban J connectivity index is 2.27. The number of piperazine rings is 1. The van der Waals surface area contributed by atoms with E-state index in [0.717, 1.165) is 61.4 Å². The minimum atomic E-state index is -1.64. The minimum absolute atomic E-state index is 0.00404. The number of nitrogens with zero attached hydrogens (tertiary/aromatic N) is 9. The molecule has 1 saturated carbocycles. The van der Waals surface area contributed by atoms with Crippen molar-refractivity contribution < 1.29 is 62.6 Å². The highest BCUT2D eigenvalue weighted by atomic mass is 16.5. The topological polar surface area (TPSA) is 295 Å². The van der Waals surface area contributed by atoms with Crippen LogP contribution < -0.4 is 21.3 Å². The first kappa shape index (κ1) is 87.0. The van der Waals surface area contributed by atoms with Crippen LogP contribution in [0.4, 0.5) is 0 Å². The maximum Gasteiger partial charge on any atom is 0.246 e. The molecule has 99 heavy (non-hydrogen) atoms. The summed E-state index contributed by atoms with van der Waals surface area (Å²) in [6, 6.07) is -14.1. The van der Waals surface area contributed by atoms with Crippen molar-refractivity contribution >= 4 is 65.0 Å². The summed E-state index contributed by atoms with van der Waals surface area (Å²) in [6.07, 6.45) is 5.92. The largest absolute Gasteiger partial charge is 0.390 e. The van der Waals surface area contributed by atoms with Crippen LogP contribution in [0.3, 0.4) is 0 Å². The van der Waals surface area contributed by atoms with Crippen molar-refractivity contribution in [2.24, 2.45) is 41.4 Å². The Bertz CT molecular complexity index is 2720. The number of carbonyl (C=O) groups excluding carboxylic acids is 11. The van der Waals surface area contributed by atoms with Gasteiger partial charge in [0.05, 0.1) is 12.2 Å². The van der Waals surface area contributed by atoms with Gasteiger partial charge in [0, 0.05) is 88.7 Å². The van der Waals surface area contributed by atoms with Crippen LogP contribution >= 0.6 is 0 Å². The Morgan fingerprint density at radius 1 is 0.485 bits per heavy atom. The van der Waals surface area contributed by atoms with Crippen LogP contribution in [0.1, 0.15) is 175 Å². The number of hydrogen-bond donors (Lipinski definition) is 5. The predicted octanol–water partition coefficient (Wildman–Crippen LogP) is 3.82. The van der Waals surface area contributed by atoms with Crippen molar-refractivity contribution in [1.82, 2.24) is 65.4 Å². The van der Waals surface area contributed by atoms with Crippen LogP contribution in [-0.2, 0) is 57.5 Å². The van der Waals surface area contributed by atoms with Crippen LogP contribution in [0.2, 0.25) is 0 Å². The first-order chi connectivity index (χ1) is 46.2. The first-order valence-electron chi connectivity index (χ1n) is 36.6. The third-order valence-corrected chi connectivity index (χ3v) is 20.2. The average molecular weight is 1400 g/mol. The van der Waals surface area contributed by atoms with E-state index < -0.39 is 161 Å². The fourth-order valence-electron chi connectivity index (χ4n) is 13.3. The molecule has 566 valence electrons. The van der Waals surface area contributed by atoms with E-state index in [1.165, 1.54) is 107 Å². The summed E-state index contributed by atoms with van der Waals surface area (Å²) < 4.78 is 6.44. The van der Waals surface area contributed by atoms with Crippen LogP contribution in [0.15, 0.2) is 12.2 Å². The lowest BCUT2D eigenvalue weighted by Crippen LogP contribution is -2.64. The van der Waals surface area contributed by atoms with E-state index in [9.17, 15) is 29.1 Å². The summed E-state index contributed by atoms with van der Waals surface area (Å²) in [4.78, 5) is 177. The van der Waals surface area contributed by atoms with Gasteiger partial charge < -0.3 is 75.2 Å². The molecule has 0 radical (unpaired) electrons. The second kappa shape index (κ2) is 40.4. The van der Waals surface area contributed by atoms with Crippen LogP contribution in [0.25, 0.3) is 0 Å². The van der Waals surface area contributed by atoms with E-state index in [4.69, 9.17) is 4.74 Å². The highest BCUT2D eigenvalue weighted by molar-refractivity contribution is 6.00. The van der Waals surface area contributed by atoms with Gasteiger partial charge in [0.1, 0.15) is 66.5 Å². The highest BCUT2D eigenvalue weighted by Gasteiger charge is 2.47. The van der Waals surface area contributed by atoms with Gasteiger partial charge in [-0.1, -0.05) is 95.2 Å². The van der Waals surface area contributed by atoms with Crippen molar-refractivity contribution in [2.75, 3.05) is 95.2 Å². The molecular weight excluding hydrogens is 1270 g/mol. The molecule has 1 aliphatic carbocycles. The normalized spacial score (nSPS) is 27.9. The number of rotatable bonds is 22. The molecule has 2 aliphatic heterocycles. The van der Waals surface area contributed by atoms with Gasteiger partial charge in [0.15, 0.2) is 0 Å². The molecule has 2 saturated heterocycles. The van der Waals surface area contributed by atoms with E-state index >= 15 is 28.8 Å². The third-order valence-electron chi connectivity index (χ3n) is 20.2. The standard InChI is InChI=1S/C73H131N13O13/c1-25-27-30-48(13)62(87)61-66(91)76-54(26-2)69(94)78(18)51(16)68(93)83(23)60(52(17)99-38-29-28-33-85-34-36-86(37-35-85)42-53-31-32-53)65(90)77-58(46(9)10)72(97)79(19)55(39-43(3)4)64(89)74-49(14)63(88)75-50(15)67(92)80(20)56(40-44(5)6)70(95)81(21)57(41-45(7)8)71(96)82(22)59(47(11)12)73(98)84(61)24/h25,27,43-62,87H,26,28-42H2,1-24H3,(H,74,89)(H,75,88)(H,76,91)(H,77,90)/b27-25+/t48-,49+,50+,51-,52-,54+,55-,56+,57-,58+,59+,60+,61+,62-/m1/s1. The average Bonchev–Trinajstić information content (AvgIpc) is 1.81. The van der Waals surface area contributed by atoms with E-state index in [1.807, 2.05) is 54.5 Å². The molecule has 5 N–H and O–H groups in total. The molecule has 2 heterocycles. The lowest BCUT2D eigenvalue weighted by Gasteiger charge is -2.41. The summed E-state index contributed by atoms with van der Waals surface area (Å²) >= 11 is 0. The molecule has 26 heteroatoms. The summed E-state index contributed by atoms with van der Waals surface area (Å²) in [5, 5.41) is 23.4. The van der Waals surface area contributed by atoms with Crippen molar-refractivity contribution in [1.29, 1.82) is 0 Å². The van der Waals surface area contributed by atoms with Crippen molar-refractivity contribution in [2.45, 2.75) is 254 Å². The number of ether oxygens (including phenoxy) is 1. The molecule has 0 aromatic heterocycles. The van der Waals surface area contributed by atoms with E-state index in [1.54, 1.807) is 54.5 Å².